The summed E-state index contributed by atoms with van der Waals surface area (Å²) in [6.45, 7) is 9.62. The molecule has 0 fully saturated rings. The van der Waals surface area contributed by atoms with E-state index >= 15 is 0 Å². The molecule has 2 nitrogen and oxygen atoms in total. The van der Waals surface area contributed by atoms with E-state index in [0.29, 0.717) is 0 Å². The number of fused-ring (bicyclic) bond motifs is 1. The number of aromatic nitrogens is 1. The molecule has 0 bridgehead atoms. The van der Waals surface area contributed by atoms with Crippen molar-refractivity contribution in [3.05, 3.63) is 41.1 Å². The van der Waals surface area contributed by atoms with Crippen molar-refractivity contribution in [2.75, 3.05) is 6.54 Å². The molecule has 0 aliphatic carbocycles. The van der Waals surface area contributed by atoms with Crippen molar-refractivity contribution in [2.24, 2.45) is 5.73 Å². The molecule has 0 radical (unpaired) electrons. The van der Waals surface area contributed by atoms with E-state index < -0.39 is 0 Å². The molecule has 1 aromatic heterocycles. The van der Waals surface area contributed by atoms with E-state index in [9.17, 15) is 0 Å². The van der Waals surface area contributed by atoms with Crippen LogP contribution in [0.25, 0.3) is 10.9 Å². The third kappa shape index (κ3) is 3.13. The molecule has 2 rings (SSSR count). The summed E-state index contributed by atoms with van der Waals surface area (Å²) in [5.74, 6) is 0. The molecule has 1 aromatic carbocycles. The summed E-state index contributed by atoms with van der Waals surface area (Å²) in [4.78, 5) is 4.74. The van der Waals surface area contributed by atoms with Crippen molar-refractivity contribution in [2.45, 2.75) is 46.0 Å². The van der Waals surface area contributed by atoms with Crippen LogP contribution in [0.3, 0.4) is 0 Å². The summed E-state index contributed by atoms with van der Waals surface area (Å²) < 4.78 is 0. The highest BCUT2D eigenvalue weighted by Gasteiger charge is 2.14. The highest BCUT2D eigenvalue weighted by Crippen LogP contribution is 2.27. The fourth-order valence-corrected chi connectivity index (χ4v) is 2.34. The predicted molar refractivity (Wildman–Crippen MR) is 82.6 cm³/mol. The van der Waals surface area contributed by atoms with Gasteiger partial charge in [0.05, 0.1) is 5.52 Å². The number of rotatable bonds is 3. The molecule has 0 saturated heterocycles. The summed E-state index contributed by atoms with van der Waals surface area (Å²) >= 11 is 0. The van der Waals surface area contributed by atoms with Gasteiger partial charge in [0.25, 0.3) is 0 Å². The Morgan fingerprint density at radius 3 is 2.53 bits per heavy atom. The van der Waals surface area contributed by atoms with Gasteiger partial charge < -0.3 is 5.73 Å². The molecule has 2 heteroatoms. The fraction of sp³-hybridized carbons (Fsp3) is 0.471. The smallest absolute Gasteiger partial charge is 0.0708 e. The lowest BCUT2D eigenvalue weighted by Gasteiger charge is -2.20. The van der Waals surface area contributed by atoms with E-state index in [0.717, 1.165) is 30.6 Å². The Hall–Kier alpha value is -1.41. The molecule has 0 aliphatic heterocycles. The average Bonchev–Trinajstić information content (AvgIpc) is 2.35. The maximum atomic E-state index is 5.57. The maximum absolute atomic E-state index is 5.57. The quantitative estimate of drug-likeness (QED) is 0.908. The van der Waals surface area contributed by atoms with Crippen LogP contribution in [0, 0.1) is 6.92 Å². The first-order valence-corrected chi connectivity index (χ1v) is 7.02. The second kappa shape index (κ2) is 5.30. The summed E-state index contributed by atoms with van der Waals surface area (Å²) in [5, 5.41) is 1.27. The van der Waals surface area contributed by atoms with Crippen LogP contribution in [0.1, 0.15) is 44.0 Å². The minimum atomic E-state index is 0.179. The zero-order chi connectivity index (χ0) is 14.0. The van der Waals surface area contributed by atoms with E-state index in [1.54, 1.807) is 0 Å². The minimum absolute atomic E-state index is 0.179. The second-order valence-electron chi connectivity index (χ2n) is 6.30. The summed E-state index contributed by atoms with van der Waals surface area (Å²) in [7, 11) is 0. The largest absolute Gasteiger partial charge is 0.330 e. The number of aryl methyl sites for hydroxylation is 2. The van der Waals surface area contributed by atoms with Crippen LogP contribution in [-0.2, 0) is 11.8 Å². The zero-order valence-corrected chi connectivity index (χ0v) is 12.5. The molecule has 2 N–H and O–H groups in total. The third-order valence-corrected chi connectivity index (χ3v) is 3.57. The molecule has 102 valence electrons. The topological polar surface area (TPSA) is 38.9 Å². The van der Waals surface area contributed by atoms with Gasteiger partial charge in [0.15, 0.2) is 0 Å². The molecule has 0 atom stereocenters. The monoisotopic (exact) mass is 256 g/mol. The van der Waals surface area contributed by atoms with Crippen LogP contribution in [0.15, 0.2) is 24.3 Å². The molecule has 0 spiro atoms. The van der Waals surface area contributed by atoms with Crippen molar-refractivity contribution in [3.8, 4) is 0 Å². The highest BCUT2D eigenvalue weighted by molar-refractivity contribution is 5.83. The molecular formula is C17H24N2. The van der Waals surface area contributed by atoms with Gasteiger partial charge in [-0.15, -0.1) is 0 Å². The molecule has 0 amide bonds. The standard InChI is InChI=1S/C17H24N2/c1-12-10-14(6-5-9-18)19-16-8-7-13(11-15(12)16)17(2,3)4/h7-8,10-11H,5-6,9,18H2,1-4H3. The summed E-state index contributed by atoms with van der Waals surface area (Å²) in [6.07, 6.45) is 1.96. The maximum Gasteiger partial charge on any atom is 0.0708 e. The van der Waals surface area contributed by atoms with E-state index in [-0.39, 0.29) is 5.41 Å². The average molecular weight is 256 g/mol. The molecule has 0 saturated carbocycles. The van der Waals surface area contributed by atoms with Crippen LogP contribution < -0.4 is 5.73 Å². The first-order chi connectivity index (χ1) is 8.91. The van der Waals surface area contributed by atoms with Gasteiger partial charge in [0.2, 0.25) is 0 Å². The van der Waals surface area contributed by atoms with Crippen molar-refractivity contribution in [3.63, 3.8) is 0 Å². The number of benzene rings is 1. The van der Waals surface area contributed by atoms with Crippen molar-refractivity contribution < 1.29 is 0 Å². The highest BCUT2D eigenvalue weighted by atomic mass is 14.7. The number of nitrogens with two attached hydrogens (primary N) is 1. The van der Waals surface area contributed by atoms with Crippen LogP contribution in [0.2, 0.25) is 0 Å². The normalized spacial score (nSPS) is 12.1. The van der Waals surface area contributed by atoms with Crippen molar-refractivity contribution in [1.82, 2.24) is 4.98 Å². The number of hydrogen-bond donors (Lipinski definition) is 1. The zero-order valence-electron chi connectivity index (χ0n) is 12.5. The Kier molecular flexibility index (Phi) is 3.91. The third-order valence-electron chi connectivity index (χ3n) is 3.57. The number of pyridine rings is 1. The number of hydrogen-bond acceptors (Lipinski definition) is 2. The fourth-order valence-electron chi connectivity index (χ4n) is 2.34. The lowest BCUT2D eigenvalue weighted by atomic mass is 9.86. The molecule has 19 heavy (non-hydrogen) atoms. The first kappa shape index (κ1) is 14.0. The van der Waals surface area contributed by atoms with E-state index in [4.69, 9.17) is 10.7 Å². The van der Waals surface area contributed by atoms with Gasteiger partial charge >= 0.3 is 0 Å². The Morgan fingerprint density at radius 2 is 1.89 bits per heavy atom. The molecule has 0 unspecified atom stereocenters. The van der Waals surface area contributed by atoms with Crippen LogP contribution in [0.5, 0.6) is 0 Å². The lowest BCUT2D eigenvalue weighted by Crippen LogP contribution is -2.11. The van der Waals surface area contributed by atoms with E-state index in [1.807, 2.05) is 0 Å². The van der Waals surface area contributed by atoms with Crippen molar-refractivity contribution in [1.29, 1.82) is 0 Å². The van der Waals surface area contributed by atoms with Crippen LogP contribution in [-0.4, -0.2) is 11.5 Å². The summed E-state index contributed by atoms with van der Waals surface area (Å²) in [6, 6.07) is 8.82. The van der Waals surface area contributed by atoms with Crippen LogP contribution >= 0.6 is 0 Å². The second-order valence-corrected chi connectivity index (χ2v) is 6.30. The molecule has 2 aromatic rings. The minimum Gasteiger partial charge on any atom is -0.330 e. The van der Waals surface area contributed by atoms with Gasteiger partial charge in [-0.2, -0.15) is 0 Å². The van der Waals surface area contributed by atoms with E-state index in [1.165, 1.54) is 16.5 Å². The molecular weight excluding hydrogens is 232 g/mol. The molecule has 0 aliphatic rings. The molecule has 1 heterocycles. The predicted octanol–water partition coefficient (Wildman–Crippen LogP) is 3.73. The Morgan fingerprint density at radius 1 is 1.16 bits per heavy atom. The van der Waals surface area contributed by atoms with Gasteiger partial charge in [-0.3, -0.25) is 4.98 Å². The van der Waals surface area contributed by atoms with Crippen molar-refractivity contribution >= 4 is 10.9 Å². The Labute approximate surface area is 116 Å². The van der Waals surface area contributed by atoms with Gasteiger partial charge in [-0.25, -0.2) is 0 Å². The lowest BCUT2D eigenvalue weighted by molar-refractivity contribution is 0.591. The van der Waals surface area contributed by atoms with Gasteiger partial charge in [-0.1, -0.05) is 26.8 Å². The van der Waals surface area contributed by atoms with Gasteiger partial charge in [0, 0.05) is 11.1 Å². The summed E-state index contributed by atoms with van der Waals surface area (Å²) in [5.41, 5.74) is 10.7. The first-order valence-electron chi connectivity index (χ1n) is 7.02. The van der Waals surface area contributed by atoms with Gasteiger partial charge in [-0.05, 0) is 61.1 Å². The Balaban J connectivity index is 2.48. The van der Waals surface area contributed by atoms with Crippen LogP contribution in [0.4, 0.5) is 0 Å². The Bertz CT molecular complexity index is 580. The number of nitrogens with zero attached hydrogens (tertiary/aromatic N) is 1. The van der Waals surface area contributed by atoms with Gasteiger partial charge in [0.1, 0.15) is 0 Å². The SMILES string of the molecule is Cc1cc(CCCN)nc2ccc(C(C)(C)C)cc12. The van der Waals surface area contributed by atoms with E-state index in [2.05, 4.69) is 52.0 Å².